The molecule has 1 saturated heterocycles. The van der Waals surface area contributed by atoms with E-state index in [2.05, 4.69) is 26.6 Å². The SMILES string of the molecule is O=C1NCCN1CCNc1ccc(Br)c(Cl)c1. The Hall–Kier alpha value is -0.940. The van der Waals surface area contributed by atoms with Gasteiger partial charge in [-0.1, -0.05) is 11.6 Å². The Kier molecular flexibility index (Phi) is 4.12. The van der Waals surface area contributed by atoms with Crippen LogP contribution >= 0.6 is 27.5 Å². The van der Waals surface area contributed by atoms with Crippen molar-refractivity contribution in [3.05, 3.63) is 27.7 Å². The van der Waals surface area contributed by atoms with Crippen LogP contribution in [0.5, 0.6) is 0 Å². The van der Waals surface area contributed by atoms with Crippen LogP contribution in [-0.2, 0) is 0 Å². The van der Waals surface area contributed by atoms with Gasteiger partial charge in [-0.3, -0.25) is 0 Å². The molecule has 17 heavy (non-hydrogen) atoms. The number of nitrogens with one attached hydrogen (secondary N) is 2. The van der Waals surface area contributed by atoms with Crippen molar-refractivity contribution < 1.29 is 4.79 Å². The van der Waals surface area contributed by atoms with E-state index in [4.69, 9.17) is 11.6 Å². The van der Waals surface area contributed by atoms with Crippen molar-refractivity contribution in [2.45, 2.75) is 0 Å². The van der Waals surface area contributed by atoms with Crippen LogP contribution in [0.1, 0.15) is 0 Å². The van der Waals surface area contributed by atoms with Gasteiger partial charge in [0.05, 0.1) is 5.02 Å². The summed E-state index contributed by atoms with van der Waals surface area (Å²) in [4.78, 5) is 13.1. The monoisotopic (exact) mass is 317 g/mol. The first-order valence-corrected chi connectivity index (χ1v) is 6.55. The summed E-state index contributed by atoms with van der Waals surface area (Å²) in [6, 6.07) is 5.71. The largest absolute Gasteiger partial charge is 0.383 e. The average molecular weight is 319 g/mol. The molecule has 0 spiro atoms. The van der Waals surface area contributed by atoms with Crippen LogP contribution in [-0.4, -0.2) is 37.1 Å². The average Bonchev–Trinajstić information content (AvgIpc) is 2.70. The maximum absolute atomic E-state index is 11.3. The van der Waals surface area contributed by atoms with E-state index >= 15 is 0 Å². The fraction of sp³-hybridized carbons (Fsp3) is 0.364. The molecule has 0 aliphatic carbocycles. The zero-order valence-electron chi connectivity index (χ0n) is 9.17. The van der Waals surface area contributed by atoms with Gasteiger partial charge in [-0.15, -0.1) is 0 Å². The zero-order valence-corrected chi connectivity index (χ0v) is 11.5. The van der Waals surface area contributed by atoms with E-state index in [0.717, 1.165) is 23.2 Å². The molecule has 6 heteroatoms. The predicted octanol–water partition coefficient (Wildman–Crippen LogP) is 2.54. The maximum Gasteiger partial charge on any atom is 0.317 e. The Morgan fingerprint density at radius 3 is 3.00 bits per heavy atom. The molecule has 4 nitrogen and oxygen atoms in total. The van der Waals surface area contributed by atoms with Crippen molar-refractivity contribution in [1.82, 2.24) is 10.2 Å². The van der Waals surface area contributed by atoms with Crippen LogP contribution in [0.3, 0.4) is 0 Å². The van der Waals surface area contributed by atoms with Crippen molar-refractivity contribution in [2.24, 2.45) is 0 Å². The lowest BCUT2D eigenvalue weighted by molar-refractivity contribution is 0.219. The summed E-state index contributed by atoms with van der Waals surface area (Å²) in [5.74, 6) is 0. The number of anilines is 1. The number of benzene rings is 1. The van der Waals surface area contributed by atoms with Gasteiger partial charge in [0.1, 0.15) is 0 Å². The minimum Gasteiger partial charge on any atom is -0.383 e. The maximum atomic E-state index is 11.3. The van der Waals surface area contributed by atoms with Gasteiger partial charge in [0.2, 0.25) is 0 Å². The van der Waals surface area contributed by atoms with E-state index in [9.17, 15) is 4.79 Å². The highest BCUT2D eigenvalue weighted by Gasteiger charge is 2.18. The van der Waals surface area contributed by atoms with E-state index in [1.165, 1.54) is 0 Å². The molecule has 1 aliphatic rings. The van der Waals surface area contributed by atoms with E-state index in [0.29, 0.717) is 18.1 Å². The molecular formula is C11H13BrClN3O. The number of amides is 2. The highest BCUT2D eigenvalue weighted by molar-refractivity contribution is 9.10. The van der Waals surface area contributed by atoms with E-state index < -0.39 is 0 Å². The summed E-state index contributed by atoms with van der Waals surface area (Å²) < 4.78 is 0.878. The first-order valence-electron chi connectivity index (χ1n) is 5.38. The van der Waals surface area contributed by atoms with Crippen molar-refractivity contribution in [1.29, 1.82) is 0 Å². The number of hydrogen-bond acceptors (Lipinski definition) is 2. The van der Waals surface area contributed by atoms with Crippen LogP contribution in [0.15, 0.2) is 22.7 Å². The standard InChI is InChI=1S/C11H13BrClN3O/c12-9-2-1-8(7-10(9)13)14-3-5-16-6-4-15-11(16)17/h1-2,7,14H,3-6H2,(H,15,17). The summed E-state index contributed by atoms with van der Waals surface area (Å²) in [5.41, 5.74) is 0.956. The second kappa shape index (κ2) is 5.60. The smallest absolute Gasteiger partial charge is 0.317 e. The Bertz CT molecular complexity index is 427. The number of carbonyl (C=O) groups excluding carboxylic acids is 1. The zero-order chi connectivity index (χ0) is 12.3. The molecule has 0 radical (unpaired) electrons. The molecule has 0 atom stereocenters. The molecule has 0 bridgehead atoms. The summed E-state index contributed by atoms with van der Waals surface area (Å²) in [6.45, 7) is 2.93. The fourth-order valence-corrected chi connectivity index (χ4v) is 2.09. The third kappa shape index (κ3) is 3.26. The molecule has 0 unspecified atom stereocenters. The second-order valence-corrected chi connectivity index (χ2v) is 5.04. The highest BCUT2D eigenvalue weighted by atomic mass is 79.9. The van der Waals surface area contributed by atoms with Crippen LogP contribution in [0.25, 0.3) is 0 Å². The van der Waals surface area contributed by atoms with Crippen LogP contribution < -0.4 is 10.6 Å². The van der Waals surface area contributed by atoms with Gasteiger partial charge in [-0.2, -0.15) is 0 Å². The number of urea groups is 1. The lowest BCUT2D eigenvalue weighted by Crippen LogP contribution is -2.32. The van der Waals surface area contributed by atoms with Gasteiger partial charge in [-0.05, 0) is 34.1 Å². The second-order valence-electron chi connectivity index (χ2n) is 3.77. The van der Waals surface area contributed by atoms with Crippen LogP contribution in [0, 0.1) is 0 Å². The van der Waals surface area contributed by atoms with Crippen molar-refractivity contribution >= 4 is 39.2 Å². The van der Waals surface area contributed by atoms with Crippen molar-refractivity contribution in [3.63, 3.8) is 0 Å². The molecule has 1 aromatic carbocycles. The molecule has 0 aromatic heterocycles. The molecule has 2 rings (SSSR count). The van der Waals surface area contributed by atoms with Crippen molar-refractivity contribution in [2.75, 3.05) is 31.5 Å². The number of halogens is 2. The summed E-state index contributed by atoms with van der Waals surface area (Å²) in [5, 5.41) is 6.67. The molecule has 92 valence electrons. The van der Waals surface area contributed by atoms with Gasteiger partial charge < -0.3 is 15.5 Å². The Morgan fingerprint density at radius 2 is 2.35 bits per heavy atom. The predicted molar refractivity (Wildman–Crippen MR) is 72.6 cm³/mol. The Labute approximate surface area is 113 Å². The lowest BCUT2D eigenvalue weighted by Gasteiger charge is -2.15. The molecule has 2 N–H and O–H groups in total. The highest BCUT2D eigenvalue weighted by Crippen LogP contribution is 2.25. The topological polar surface area (TPSA) is 44.4 Å². The number of nitrogens with zero attached hydrogens (tertiary/aromatic N) is 1. The molecule has 1 aromatic rings. The van der Waals surface area contributed by atoms with Gasteiger partial charge >= 0.3 is 6.03 Å². The summed E-state index contributed by atoms with van der Waals surface area (Å²) >= 11 is 9.32. The van der Waals surface area contributed by atoms with Gasteiger partial charge in [0, 0.05) is 36.3 Å². The molecule has 0 saturated carbocycles. The van der Waals surface area contributed by atoms with Crippen LogP contribution in [0.4, 0.5) is 10.5 Å². The van der Waals surface area contributed by atoms with Gasteiger partial charge in [-0.25, -0.2) is 4.79 Å². The minimum atomic E-state index is 0.0145. The quantitative estimate of drug-likeness (QED) is 0.896. The number of hydrogen-bond donors (Lipinski definition) is 2. The van der Waals surface area contributed by atoms with Gasteiger partial charge in [0.15, 0.2) is 0 Å². The van der Waals surface area contributed by atoms with E-state index in [1.807, 2.05) is 18.2 Å². The normalized spacial score (nSPS) is 14.9. The van der Waals surface area contributed by atoms with E-state index in [1.54, 1.807) is 4.90 Å². The minimum absolute atomic E-state index is 0.0145. The van der Waals surface area contributed by atoms with E-state index in [-0.39, 0.29) is 6.03 Å². The Balaban J connectivity index is 1.81. The number of rotatable bonds is 4. The van der Waals surface area contributed by atoms with Crippen LogP contribution in [0.2, 0.25) is 5.02 Å². The third-order valence-electron chi connectivity index (χ3n) is 2.58. The fourth-order valence-electron chi connectivity index (χ4n) is 1.67. The van der Waals surface area contributed by atoms with Crippen molar-refractivity contribution in [3.8, 4) is 0 Å². The van der Waals surface area contributed by atoms with Gasteiger partial charge in [0.25, 0.3) is 0 Å². The number of carbonyl (C=O) groups is 1. The molecular weight excluding hydrogens is 305 g/mol. The molecule has 1 aliphatic heterocycles. The Morgan fingerprint density at radius 1 is 1.53 bits per heavy atom. The summed E-state index contributed by atoms with van der Waals surface area (Å²) in [6.07, 6.45) is 0. The first kappa shape index (κ1) is 12.5. The third-order valence-corrected chi connectivity index (χ3v) is 3.81. The first-order chi connectivity index (χ1) is 8.16. The lowest BCUT2D eigenvalue weighted by atomic mass is 10.3. The molecule has 1 heterocycles. The molecule has 2 amide bonds. The molecule has 1 fully saturated rings. The summed E-state index contributed by atoms with van der Waals surface area (Å²) in [7, 11) is 0.